The fourth-order valence-corrected chi connectivity index (χ4v) is 5.40. The molecule has 1 aliphatic rings. The lowest BCUT2D eigenvalue weighted by Crippen LogP contribution is -2.53. The molecule has 1 N–H and O–H groups in total. The summed E-state index contributed by atoms with van der Waals surface area (Å²) in [5, 5.41) is 5.20. The van der Waals surface area contributed by atoms with Gasteiger partial charge in [-0.1, -0.05) is 18.2 Å². The van der Waals surface area contributed by atoms with Gasteiger partial charge < -0.3 is 10.1 Å². The maximum Gasteiger partial charge on any atom is 0.252 e. The third kappa shape index (κ3) is 3.74. The Morgan fingerprint density at radius 3 is 2.96 bits per heavy atom. The van der Waals surface area contributed by atoms with Crippen molar-refractivity contribution in [2.75, 3.05) is 26.7 Å². The molecule has 2 aromatic rings. The van der Waals surface area contributed by atoms with Gasteiger partial charge in [-0.2, -0.15) is 4.31 Å². The Hall–Kier alpha value is -1.41. The summed E-state index contributed by atoms with van der Waals surface area (Å²) in [7, 11) is -1.72. The van der Waals surface area contributed by atoms with Crippen LogP contribution in [0.2, 0.25) is 0 Å². The van der Waals surface area contributed by atoms with Crippen LogP contribution in [0.25, 0.3) is 0 Å². The van der Waals surface area contributed by atoms with E-state index >= 15 is 0 Å². The molecule has 7 heteroatoms. The molecule has 0 spiro atoms. The molecule has 1 unspecified atom stereocenters. The number of hydrogen-bond donors (Lipinski definition) is 1. The number of nitrogens with zero attached hydrogens (tertiary/aromatic N) is 1. The van der Waals surface area contributed by atoms with E-state index in [0.29, 0.717) is 23.8 Å². The number of benzene rings is 1. The van der Waals surface area contributed by atoms with Gasteiger partial charge in [0.2, 0.25) is 0 Å². The highest BCUT2D eigenvalue weighted by Gasteiger charge is 2.30. The average Bonchev–Trinajstić information content (AvgIpc) is 3.10. The standard InChI is InChI=1S/C16H20N2O3S2/c1-21-15-5-2-4-13(11-15)10-14-12-18(8-7-17-14)23(19,20)16-6-3-9-22-16/h2-6,9,11,14,17H,7-8,10,12H2,1H3. The van der Waals surface area contributed by atoms with Crippen LogP contribution in [0.15, 0.2) is 46.0 Å². The van der Waals surface area contributed by atoms with Crippen LogP contribution in [0.4, 0.5) is 0 Å². The molecule has 0 saturated carbocycles. The summed E-state index contributed by atoms with van der Waals surface area (Å²) < 4.78 is 32.5. The predicted octanol–water partition coefficient (Wildman–Crippen LogP) is 1.96. The minimum atomic E-state index is -3.37. The van der Waals surface area contributed by atoms with Crippen LogP contribution < -0.4 is 10.1 Å². The van der Waals surface area contributed by atoms with Gasteiger partial charge in [-0.05, 0) is 35.6 Å². The lowest BCUT2D eigenvalue weighted by molar-refractivity contribution is 0.297. The Bertz CT molecular complexity index is 744. The molecule has 2 heterocycles. The minimum absolute atomic E-state index is 0.102. The van der Waals surface area contributed by atoms with Gasteiger partial charge in [-0.25, -0.2) is 8.42 Å². The van der Waals surface area contributed by atoms with Crippen molar-refractivity contribution in [3.63, 3.8) is 0 Å². The van der Waals surface area contributed by atoms with Crippen LogP contribution in [0.3, 0.4) is 0 Å². The van der Waals surface area contributed by atoms with Gasteiger partial charge in [0.1, 0.15) is 9.96 Å². The summed E-state index contributed by atoms with van der Waals surface area (Å²) in [4.78, 5) is 0. The zero-order chi connectivity index (χ0) is 16.3. The van der Waals surface area contributed by atoms with Crippen molar-refractivity contribution < 1.29 is 13.2 Å². The van der Waals surface area contributed by atoms with Crippen LogP contribution in [0.5, 0.6) is 5.75 Å². The second-order valence-electron chi connectivity index (χ2n) is 5.50. The quantitative estimate of drug-likeness (QED) is 0.894. The lowest BCUT2D eigenvalue weighted by atomic mass is 10.0. The summed E-state index contributed by atoms with van der Waals surface area (Å²) in [6, 6.07) is 11.4. The van der Waals surface area contributed by atoms with Crippen LogP contribution in [-0.2, 0) is 16.4 Å². The molecule has 5 nitrogen and oxygen atoms in total. The first-order valence-electron chi connectivity index (χ1n) is 7.49. The fourth-order valence-electron chi connectivity index (χ4n) is 2.77. The first-order chi connectivity index (χ1) is 11.1. The molecule has 1 aliphatic heterocycles. The Kier molecular flexibility index (Phi) is 5.01. The minimum Gasteiger partial charge on any atom is -0.497 e. The van der Waals surface area contributed by atoms with Gasteiger partial charge in [0.15, 0.2) is 0 Å². The maximum atomic E-state index is 12.6. The van der Waals surface area contributed by atoms with E-state index in [2.05, 4.69) is 5.32 Å². The number of ether oxygens (including phenoxy) is 1. The molecule has 3 rings (SSSR count). The van der Waals surface area contributed by atoms with Crippen molar-refractivity contribution in [2.45, 2.75) is 16.7 Å². The first kappa shape index (κ1) is 16.4. The fraction of sp³-hybridized carbons (Fsp3) is 0.375. The average molecular weight is 352 g/mol. The maximum absolute atomic E-state index is 12.6. The number of piperazine rings is 1. The first-order valence-corrected chi connectivity index (χ1v) is 9.81. The third-order valence-corrected chi connectivity index (χ3v) is 7.16. The van der Waals surface area contributed by atoms with Crippen molar-refractivity contribution in [2.24, 2.45) is 0 Å². The number of sulfonamides is 1. The molecule has 1 aromatic carbocycles. The number of nitrogens with one attached hydrogen (secondary N) is 1. The van der Waals surface area contributed by atoms with Gasteiger partial charge >= 0.3 is 0 Å². The molecule has 0 aliphatic carbocycles. The second kappa shape index (κ2) is 7.00. The van der Waals surface area contributed by atoms with Gasteiger partial charge in [0.05, 0.1) is 7.11 Å². The number of thiophene rings is 1. The Morgan fingerprint density at radius 1 is 1.35 bits per heavy atom. The van der Waals surface area contributed by atoms with E-state index in [-0.39, 0.29) is 6.04 Å². The van der Waals surface area contributed by atoms with Gasteiger partial charge in [-0.15, -0.1) is 11.3 Å². The van der Waals surface area contributed by atoms with E-state index < -0.39 is 10.0 Å². The molecule has 0 amide bonds. The topological polar surface area (TPSA) is 58.6 Å². The third-order valence-electron chi connectivity index (χ3n) is 3.92. The highest BCUT2D eigenvalue weighted by atomic mass is 32.2. The van der Waals surface area contributed by atoms with Gasteiger partial charge in [-0.3, -0.25) is 0 Å². The van der Waals surface area contributed by atoms with Crippen LogP contribution in [0, 0.1) is 0 Å². The molecular formula is C16H20N2O3S2. The van der Waals surface area contributed by atoms with Crippen molar-refractivity contribution in [3.8, 4) is 5.75 Å². The van der Waals surface area contributed by atoms with Crippen molar-refractivity contribution in [3.05, 3.63) is 47.3 Å². The monoisotopic (exact) mass is 352 g/mol. The summed E-state index contributed by atoms with van der Waals surface area (Å²) in [6.45, 7) is 1.66. The predicted molar refractivity (Wildman–Crippen MR) is 91.6 cm³/mol. The van der Waals surface area contributed by atoms with Gasteiger partial charge in [0.25, 0.3) is 10.0 Å². The summed E-state index contributed by atoms with van der Waals surface area (Å²) >= 11 is 1.27. The molecule has 0 bridgehead atoms. The lowest BCUT2D eigenvalue weighted by Gasteiger charge is -2.32. The molecule has 1 aromatic heterocycles. The molecule has 124 valence electrons. The largest absolute Gasteiger partial charge is 0.497 e. The van der Waals surface area contributed by atoms with E-state index in [1.807, 2.05) is 24.3 Å². The number of rotatable bonds is 5. The van der Waals surface area contributed by atoms with E-state index in [1.165, 1.54) is 11.3 Å². The van der Waals surface area contributed by atoms with Crippen LogP contribution >= 0.6 is 11.3 Å². The Labute approximate surface area is 140 Å². The molecule has 1 saturated heterocycles. The van der Waals surface area contributed by atoms with Crippen LogP contribution in [0.1, 0.15) is 5.56 Å². The zero-order valence-electron chi connectivity index (χ0n) is 12.9. The number of methoxy groups -OCH3 is 1. The smallest absolute Gasteiger partial charge is 0.252 e. The number of hydrogen-bond acceptors (Lipinski definition) is 5. The molecule has 23 heavy (non-hydrogen) atoms. The zero-order valence-corrected chi connectivity index (χ0v) is 14.6. The van der Waals surface area contributed by atoms with Crippen LogP contribution in [-0.4, -0.2) is 45.5 Å². The van der Waals surface area contributed by atoms with E-state index in [1.54, 1.807) is 28.9 Å². The highest BCUT2D eigenvalue weighted by Crippen LogP contribution is 2.23. The highest BCUT2D eigenvalue weighted by molar-refractivity contribution is 7.91. The van der Waals surface area contributed by atoms with Crippen molar-refractivity contribution >= 4 is 21.4 Å². The van der Waals surface area contributed by atoms with Crippen molar-refractivity contribution in [1.29, 1.82) is 0 Å². The van der Waals surface area contributed by atoms with E-state index in [4.69, 9.17) is 4.74 Å². The summed E-state index contributed by atoms with van der Waals surface area (Å²) in [5.74, 6) is 0.821. The summed E-state index contributed by atoms with van der Waals surface area (Å²) in [5.41, 5.74) is 1.14. The van der Waals surface area contributed by atoms with Gasteiger partial charge in [0, 0.05) is 25.7 Å². The second-order valence-corrected chi connectivity index (χ2v) is 8.61. The molecule has 0 radical (unpaired) electrons. The normalized spacial score (nSPS) is 19.6. The Morgan fingerprint density at radius 2 is 2.22 bits per heavy atom. The van der Waals surface area contributed by atoms with E-state index in [0.717, 1.165) is 17.7 Å². The van der Waals surface area contributed by atoms with Crippen molar-refractivity contribution in [1.82, 2.24) is 9.62 Å². The molecule has 1 fully saturated rings. The Balaban J connectivity index is 1.71. The summed E-state index contributed by atoms with van der Waals surface area (Å²) in [6.07, 6.45) is 0.771. The molecule has 1 atom stereocenters. The van der Waals surface area contributed by atoms with E-state index in [9.17, 15) is 8.42 Å². The SMILES string of the molecule is COc1cccc(CC2CN(S(=O)(=O)c3cccs3)CCN2)c1. The molecular weight excluding hydrogens is 332 g/mol.